The van der Waals surface area contributed by atoms with Crippen molar-refractivity contribution in [2.24, 2.45) is 5.92 Å². The summed E-state index contributed by atoms with van der Waals surface area (Å²) in [5.74, 6) is 0.553. The SMILES string of the molecule is O=C(/C=C/c1ccoc1)NCC1CCN([C@@H]2CCOC2)CC1. The van der Waals surface area contributed by atoms with E-state index in [1.165, 1.54) is 6.42 Å². The number of amides is 1. The van der Waals surface area contributed by atoms with Crippen LogP contribution in [0.3, 0.4) is 0 Å². The van der Waals surface area contributed by atoms with Crippen molar-refractivity contribution in [3.8, 4) is 0 Å². The van der Waals surface area contributed by atoms with Gasteiger partial charge in [0.15, 0.2) is 0 Å². The number of hydrogen-bond donors (Lipinski definition) is 1. The van der Waals surface area contributed by atoms with E-state index in [4.69, 9.17) is 9.15 Å². The summed E-state index contributed by atoms with van der Waals surface area (Å²) in [6.45, 7) is 4.81. The number of nitrogens with zero attached hydrogens (tertiary/aromatic N) is 1. The molecular formula is C17H24N2O3. The van der Waals surface area contributed by atoms with Gasteiger partial charge in [-0.2, -0.15) is 0 Å². The Morgan fingerprint density at radius 3 is 2.91 bits per heavy atom. The molecular weight excluding hydrogens is 280 g/mol. The van der Waals surface area contributed by atoms with Gasteiger partial charge in [-0.3, -0.25) is 9.69 Å². The average molecular weight is 304 g/mol. The molecule has 1 aromatic rings. The molecule has 1 amide bonds. The van der Waals surface area contributed by atoms with Crippen LogP contribution in [-0.2, 0) is 9.53 Å². The van der Waals surface area contributed by atoms with Crippen LogP contribution in [0.15, 0.2) is 29.1 Å². The Morgan fingerprint density at radius 2 is 2.23 bits per heavy atom. The van der Waals surface area contributed by atoms with Gasteiger partial charge in [0, 0.05) is 30.8 Å². The molecule has 1 atom stereocenters. The molecule has 3 rings (SSSR count). The molecule has 2 aliphatic heterocycles. The van der Waals surface area contributed by atoms with Crippen LogP contribution < -0.4 is 5.32 Å². The second-order valence-electron chi connectivity index (χ2n) is 6.13. The molecule has 0 spiro atoms. The van der Waals surface area contributed by atoms with Crippen LogP contribution in [0.1, 0.15) is 24.8 Å². The first-order valence-electron chi connectivity index (χ1n) is 8.11. The first-order valence-corrected chi connectivity index (χ1v) is 8.11. The zero-order chi connectivity index (χ0) is 15.2. The third-order valence-electron chi connectivity index (χ3n) is 4.61. The lowest BCUT2D eigenvalue weighted by Crippen LogP contribution is -2.43. The Labute approximate surface area is 131 Å². The van der Waals surface area contributed by atoms with Crippen molar-refractivity contribution in [3.63, 3.8) is 0 Å². The molecule has 5 heteroatoms. The number of carbonyl (C=O) groups excluding carboxylic acids is 1. The fourth-order valence-electron chi connectivity index (χ4n) is 3.18. The topological polar surface area (TPSA) is 54.7 Å². The van der Waals surface area contributed by atoms with E-state index in [0.29, 0.717) is 12.0 Å². The summed E-state index contributed by atoms with van der Waals surface area (Å²) in [6.07, 6.45) is 10.0. The van der Waals surface area contributed by atoms with Crippen molar-refractivity contribution in [2.45, 2.75) is 25.3 Å². The van der Waals surface area contributed by atoms with Crippen LogP contribution in [0.4, 0.5) is 0 Å². The average Bonchev–Trinajstić information content (AvgIpc) is 3.24. The lowest BCUT2D eigenvalue weighted by molar-refractivity contribution is -0.116. The number of furan rings is 1. The van der Waals surface area contributed by atoms with Crippen LogP contribution in [0.25, 0.3) is 6.08 Å². The van der Waals surface area contributed by atoms with Crippen molar-refractivity contribution < 1.29 is 13.9 Å². The first kappa shape index (κ1) is 15.3. The molecule has 3 heterocycles. The fourth-order valence-corrected chi connectivity index (χ4v) is 3.18. The van der Waals surface area contributed by atoms with Gasteiger partial charge in [0.05, 0.1) is 19.1 Å². The normalized spacial score (nSPS) is 24.1. The quantitative estimate of drug-likeness (QED) is 0.844. The van der Waals surface area contributed by atoms with Gasteiger partial charge >= 0.3 is 0 Å². The molecule has 5 nitrogen and oxygen atoms in total. The van der Waals surface area contributed by atoms with E-state index in [1.807, 2.05) is 6.07 Å². The predicted octanol–water partition coefficient (Wildman–Crippen LogP) is 1.91. The van der Waals surface area contributed by atoms with Crippen molar-refractivity contribution in [1.29, 1.82) is 0 Å². The van der Waals surface area contributed by atoms with Gasteiger partial charge in [-0.25, -0.2) is 0 Å². The highest BCUT2D eigenvalue weighted by molar-refractivity contribution is 5.91. The van der Waals surface area contributed by atoms with Gasteiger partial charge in [0.2, 0.25) is 5.91 Å². The summed E-state index contributed by atoms with van der Waals surface area (Å²) in [4.78, 5) is 14.3. The van der Waals surface area contributed by atoms with Crippen molar-refractivity contribution in [1.82, 2.24) is 10.2 Å². The van der Waals surface area contributed by atoms with Gasteiger partial charge in [-0.1, -0.05) is 0 Å². The summed E-state index contributed by atoms with van der Waals surface area (Å²) in [6, 6.07) is 2.44. The molecule has 1 N–H and O–H groups in total. The number of piperidine rings is 1. The lowest BCUT2D eigenvalue weighted by Gasteiger charge is -2.35. The van der Waals surface area contributed by atoms with Gasteiger partial charge in [-0.15, -0.1) is 0 Å². The molecule has 120 valence electrons. The summed E-state index contributed by atoms with van der Waals surface area (Å²) >= 11 is 0. The van der Waals surface area contributed by atoms with Crippen LogP contribution in [-0.4, -0.2) is 49.7 Å². The smallest absolute Gasteiger partial charge is 0.244 e. The number of likely N-dealkylation sites (tertiary alicyclic amines) is 1. The Balaban J connectivity index is 1.35. The van der Waals surface area contributed by atoms with Crippen LogP contribution in [0.5, 0.6) is 0 Å². The maximum absolute atomic E-state index is 11.8. The standard InChI is InChI=1S/C17H24N2O3/c20-17(2-1-15-5-9-21-12-15)18-11-14-3-7-19(8-4-14)16-6-10-22-13-16/h1-2,5,9,12,14,16H,3-4,6-8,10-11,13H2,(H,18,20)/b2-1+/t16-/m1/s1. The summed E-state index contributed by atoms with van der Waals surface area (Å²) in [5.41, 5.74) is 0.905. The van der Waals surface area contributed by atoms with Crippen LogP contribution in [0, 0.1) is 5.92 Å². The molecule has 0 unspecified atom stereocenters. The van der Waals surface area contributed by atoms with Crippen molar-refractivity contribution >= 4 is 12.0 Å². The van der Waals surface area contributed by atoms with E-state index in [9.17, 15) is 4.79 Å². The van der Waals surface area contributed by atoms with Crippen molar-refractivity contribution in [2.75, 3.05) is 32.8 Å². The van der Waals surface area contributed by atoms with E-state index < -0.39 is 0 Å². The molecule has 22 heavy (non-hydrogen) atoms. The van der Waals surface area contributed by atoms with Gasteiger partial charge in [0.1, 0.15) is 0 Å². The minimum Gasteiger partial charge on any atom is -0.472 e. The molecule has 1 aromatic heterocycles. The second kappa shape index (κ2) is 7.61. The minimum atomic E-state index is -0.0344. The van der Waals surface area contributed by atoms with E-state index in [-0.39, 0.29) is 5.91 Å². The molecule has 2 saturated heterocycles. The zero-order valence-electron chi connectivity index (χ0n) is 12.9. The third kappa shape index (κ3) is 4.21. The van der Waals surface area contributed by atoms with Gasteiger partial charge in [-0.05, 0) is 50.4 Å². The Morgan fingerprint density at radius 1 is 1.36 bits per heavy atom. The highest BCUT2D eigenvalue weighted by Crippen LogP contribution is 2.21. The number of nitrogens with one attached hydrogen (secondary N) is 1. The van der Waals surface area contributed by atoms with E-state index in [1.54, 1.807) is 24.7 Å². The largest absolute Gasteiger partial charge is 0.472 e. The Kier molecular flexibility index (Phi) is 5.29. The predicted molar refractivity (Wildman–Crippen MR) is 84.3 cm³/mol. The Hall–Kier alpha value is -1.59. The summed E-state index contributed by atoms with van der Waals surface area (Å²) < 4.78 is 10.4. The molecule has 0 radical (unpaired) electrons. The minimum absolute atomic E-state index is 0.0344. The first-order chi connectivity index (χ1) is 10.8. The summed E-state index contributed by atoms with van der Waals surface area (Å²) in [5, 5.41) is 3.00. The number of carbonyl (C=O) groups is 1. The Bertz CT molecular complexity index is 484. The maximum Gasteiger partial charge on any atom is 0.244 e. The monoisotopic (exact) mass is 304 g/mol. The van der Waals surface area contributed by atoms with Crippen LogP contribution >= 0.6 is 0 Å². The van der Waals surface area contributed by atoms with Gasteiger partial charge < -0.3 is 14.5 Å². The highest BCUT2D eigenvalue weighted by Gasteiger charge is 2.27. The second-order valence-corrected chi connectivity index (χ2v) is 6.13. The molecule has 2 fully saturated rings. The zero-order valence-corrected chi connectivity index (χ0v) is 12.9. The van der Waals surface area contributed by atoms with Gasteiger partial charge in [0.25, 0.3) is 0 Å². The molecule has 0 saturated carbocycles. The number of rotatable bonds is 5. The maximum atomic E-state index is 11.8. The fraction of sp³-hybridized carbons (Fsp3) is 0.588. The van der Waals surface area contributed by atoms with Crippen LogP contribution in [0.2, 0.25) is 0 Å². The highest BCUT2D eigenvalue weighted by atomic mass is 16.5. The molecule has 0 aliphatic carbocycles. The summed E-state index contributed by atoms with van der Waals surface area (Å²) in [7, 11) is 0. The molecule has 0 bridgehead atoms. The number of hydrogen-bond acceptors (Lipinski definition) is 4. The number of ether oxygens (including phenoxy) is 1. The van der Waals surface area contributed by atoms with E-state index in [0.717, 1.165) is 51.3 Å². The molecule has 2 aliphatic rings. The molecule has 0 aromatic carbocycles. The van der Waals surface area contributed by atoms with E-state index >= 15 is 0 Å². The lowest BCUT2D eigenvalue weighted by atomic mass is 9.95. The van der Waals surface area contributed by atoms with Crippen molar-refractivity contribution in [3.05, 3.63) is 30.2 Å². The third-order valence-corrected chi connectivity index (χ3v) is 4.61. The van der Waals surface area contributed by atoms with E-state index in [2.05, 4.69) is 10.2 Å².